The van der Waals surface area contributed by atoms with Crippen molar-refractivity contribution in [1.29, 1.82) is 0 Å². The topological polar surface area (TPSA) is 85.5 Å². The van der Waals surface area contributed by atoms with Gasteiger partial charge in [0.15, 0.2) is 6.29 Å². The zero-order valence-corrected chi connectivity index (χ0v) is 16.0. The molecule has 150 valence electrons. The molecule has 2 N–H and O–H groups in total. The number of carbonyl (C=O) groups excluding carboxylic acids is 1. The first-order valence-corrected chi connectivity index (χ1v) is 9.68. The minimum atomic E-state index is -0.365. The van der Waals surface area contributed by atoms with Crippen LogP contribution in [0.2, 0.25) is 0 Å². The summed E-state index contributed by atoms with van der Waals surface area (Å²) >= 11 is 0. The molecule has 2 heterocycles. The van der Waals surface area contributed by atoms with Crippen molar-refractivity contribution in [2.75, 3.05) is 6.61 Å². The Kier molecular flexibility index (Phi) is 6.19. The summed E-state index contributed by atoms with van der Waals surface area (Å²) in [7, 11) is 0. The third-order valence-electron chi connectivity index (χ3n) is 4.53. The Morgan fingerprint density at radius 3 is 3.03 bits per heavy atom. The number of hydrogen-bond acceptors (Lipinski definition) is 5. The van der Waals surface area contributed by atoms with Crippen LogP contribution in [-0.2, 0) is 21.0 Å². The van der Waals surface area contributed by atoms with Gasteiger partial charge >= 0.3 is 0 Å². The second-order valence-electron chi connectivity index (χ2n) is 6.78. The first kappa shape index (κ1) is 19.2. The summed E-state index contributed by atoms with van der Waals surface area (Å²) in [5.41, 5.74) is 5.14. The van der Waals surface area contributed by atoms with Crippen molar-refractivity contribution in [3.8, 4) is 5.75 Å². The van der Waals surface area contributed by atoms with Gasteiger partial charge in [-0.05, 0) is 48.7 Å². The zero-order valence-electron chi connectivity index (χ0n) is 16.0. The summed E-state index contributed by atoms with van der Waals surface area (Å²) in [4.78, 5) is 24.9. The summed E-state index contributed by atoms with van der Waals surface area (Å²) in [6.45, 7) is 0.995. The Hall–Kier alpha value is -3.16. The molecular weight excluding hydrogens is 370 g/mol. The molecule has 3 aromatic rings. The average molecular weight is 393 g/mol. The highest BCUT2D eigenvalue weighted by Crippen LogP contribution is 2.17. The molecule has 1 aromatic heterocycles. The summed E-state index contributed by atoms with van der Waals surface area (Å²) < 4.78 is 11.2. The number of carbonyl (C=O) groups is 1. The molecule has 4 rings (SSSR count). The molecule has 0 saturated carbocycles. The predicted octanol–water partition coefficient (Wildman–Crippen LogP) is 3.73. The van der Waals surface area contributed by atoms with Crippen LogP contribution in [0.25, 0.3) is 17.1 Å². The molecule has 1 fully saturated rings. The van der Waals surface area contributed by atoms with E-state index in [4.69, 9.17) is 14.3 Å². The van der Waals surface area contributed by atoms with Gasteiger partial charge in [-0.1, -0.05) is 24.3 Å². The van der Waals surface area contributed by atoms with Crippen molar-refractivity contribution < 1.29 is 19.1 Å². The highest BCUT2D eigenvalue weighted by Gasteiger charge is 2.14. The number of para-hydroxylation sites is 2. The van der Waals surface area contributed by atoms with Crippen LogP contribution >= 0.6 is 0 Å². The number of ether oxygens (including phenoxy) is 2. The fourth-order valence-electron chi connectivity index (χ4n) is 3.07. The van der Waals surface area contributed by atoms with Crippen molar-refractivity contribution in [2.45, 2.75) is 32.2 Å². The molecule has 1 amide bonds. The molecule has 1 saturated heterocycles. The number of hydrogen-bond donors (Lipinski definition) is 2. The van der Waals surface area contributed by atoms with Gasteiger partial charge in [-0.15, -0.1) is 0 Å². The fourth-order valence-corrected chi connectivity index (χ4v) is 3.07. The molecule has 1 aliphatic rings. The first-order chi connectivity index (χ1) is 14.3. The largest absolute Gasteiger partial charge is 0.486 e. The van der Waals surface area contributed by atoms with Gasteiger partial charge in [-0.25, -0.2) is 15.3 Å². The number of fused-ring (bicyclic) bond motifs is 1. The molecule has 0 bridgehead atoms. The van der Waals surface area contributed by atoms with Crippen molar-refractivity contribution in [2.24, 2.45) is 0 Å². The molecule has 7 heteroatoms. The quantitative estimate of drug-likeness (QED) is 0.472. The van der Waals surface area contributed by atoms with Gasteiger partial charge < -0.3 is 14.5 Å². The van der Waals surface area contributed by atoms with Crippen LogP contribution in [-0.4, -0.2) is 28.8 Å². The Morgan fingerprint density at radius 1 is 1.24 bits per heavy atom. The summed E-state index contributed by atoms with van der Waals surface area (Å²) in [6, 6.07) is 15.3. The van der Waals surface area contributed by atoms with E-state index >= 15 is 0 Å². The van der Waals surface area contributed by atoms with Crippen LogP contribution in [0.1, 0.15) is 30.7 Å². The number of aromatic amines is 1. The van der Waals surface area contributed by atoms with Gasteiger partial charge in [0.25, 0.3) is 5.91 Å². The Balaban J connectivity index is 1.29. The summed E-state index contributed by atoms with van der Waals surface area (Å²) in [6.07, 6.45) is 5.61. The highest BCUT2D eigenvalue weighted by atomic mass is 16.8. The molecule has 29 heavy (non-hydrogen) atoms. The number of rotatable bonds is 7. The maximum Gasteiger partial charge on any atom is 0.267 e. The Labute approximate surface area is 168 Å². The molecule has 0 aliphatic carbocycles. The smallest absolute Gasteiger partial charge is 0.267 e. The lowest BCUT2D eigenvalue weighted by molar-refractivity contribution is -0.198. The SMILES string of the molecule is O=C(/C=C/c1cccc(OCc2nc3ccccc3[nH]2)c1)NOC1CCCCO1. The van der Waals surface area contributed by atoms with Gasteiger partial charge in [0.2, 0.25) is 0 Å². The van der Waals surface area contributed by atoms with Crippen LogP contribution in [0.4, 0.5) is 0 Å². The maximum atomic E-state index is 11.9. The van der Waals surface area contributed by atoms with Gasteiger partial charge in [0.1, 0.15) is 18.2 Å². The van der Waals surface area contributed by atoms with Gasteiger partial charge in [-0.3, -0.25) is 4.79 Å². The average Bonchev–Trinajstić information content (AvgIpc) is 3.19. The fraction of sp³-hybridized carbons (Fsp3) is 0.273. The van der Waals surface area contributed by atoms with Crippen molar-refractivity contribution >= 4 is 23.0 Å². The lowest BCUT2D eigenvalue weighted by atomic mass is 10.2. The molecule has 1 atom stereocenters. The Morgan fingerprint density at radius 2 is 2.17 bits per heavy atom. The zero-order chi connectivity index (χ0) is 19.9. The Bertz CT molecular complexity index is 959. The molecule has 1 unspecified atom stereocenters. The summed E-state index contributed by atoms with van der Waals surface area (Å²) in [5.74, 6) is 1.11. The number of hydroxylamine groups is 1. The lowest BCUT2D eigenvalue weighted by Gasteiger charge is -2.21. The van der Waals surface area contributed by atoms with E-state index in [1.54, 1.807) is 6.08 Å². The lowest BCUT2D eigenvalue weighted by Crippen LogP contribution is -2.32. The van der Waals surface area contributed by atoms with Gasteiger partial charge in [-0.2, -0.15) is 0 Å². The van der Waals surface area contributed by atoms with Crippen LogP contribution in [0, 0.1) is 0 Å². The number of aromatic nitrogens is 2. The van der Waals surface area contributed by atoms with E-state index in [0.717, 1.165) is 41.7 Å². The maximum absolute atomic E-state index is 11.9. The van der Waals surface area contributed by atoms with Crippen LogP contribution in [0.15, 0.2) is 54.6 Å². The molecule has 2 aromatic carbocycles. The van der Waals surface area contributed by atoms with E-state index in [-0.39, 0.29) is 12.2 Å². The molecular formula is C22H23N3O4. The van der Waals surface area contributed by atoms with E-state index in [0.29, 0.717) is 19.0 Å². The van der Waals surface area contributed by atoms with E-state index in [1.165, 1.54) is 6.08 Å². The molecule has 1 aliphatic heterocycles. The van der Waals surface area contributed by atoms with Gasteiger partial charge in [0, 0.05) is 19.1 Å². The van der Waals surface area contributed by atoms with E-state index in [9.17, 15) is 4.79 Å². The van der Waals surface area contributed by atoms with Crippen molar-refractivity contribution in [1.82, 2.24) is 15.4 Å². The third kappa shape index (κ3) is 5.43. The van der Waals surface area contributed by atoms with Gasteiger partial charge in [0.05, 0.1) is 11.0 Å². The minimum absolute atomic E-state index is 0.331. The van der Waals surface area contributed by atoms with Crippen LogP contribution in [0.3, 0.4) is 0 Å². The predicted molar refractivity (Wildman–Crippen MR) is 109 cm³/mol. The van der Waals surface area contributed by atoms with E-state index in [2.05, 4.69) is 15.4 Å². The number of nitrogens with zero attached hydrogens (tertiary/aromatic N) is 1. The highest BCUT2D eigenvalue weighted by molar-refractivity contribution is 5.91. The van der Waals surface area contributed by atoms with Crippen molar-refractivity contribution in [3.63, 3.8) is 0 Å². The number of nitrogens with one attached hydrogen (secondary N) is 2. The number of amides is 1. The van der Waals surface area contributed by atoms with E-state index < -0.39 is 0 Å². The summed E-state index contributed by atoms with van der Waals surface area (Å²) in [5, 5.41) is 0. The molecule has 7 nitrogen and oxygen atoms in total. The first-order valence-electron chi connectivity index (χ1n) is 9.68. The number of H-pyrrole nitrogens is 1. The normalized spacial score (nSPS) is 16.9. The number of imidazole rings is 1. The standard InChI is InChI=1S/C22H23N3O4/c26-21(25-29-22-10-3-4-13-27-22)12-11-16-6-5-7-17(14-16)28-15-20-23-18-8-1-2-9-19(18)24-20/h1-2,5-9,11-12,14,22H,3-4,10,13,15H2,(H,23,24)(H,25,26)/b12-11+. The second-order valence-corrected chi connectivity index (χ2v) is 6.78. The monoisotopic (exact) mass is 393 g/mol. The minimum Gasteiger partial charge on any atom is -0.486 e. The van der Waals surface area contributed by atoms with Crippen molar-refractivity contribution in [3.05, 3.63) is 66.0 Å². The number of benzene rings is 2. The molecule has 0 spiro atoms. The molecule has 0 radical (unpaired) electrons. The van der Waals surface area contributed by atoms with Crippen LogP contribution < -0.4 is 10.2 Å². The van der Waals surface area contributed by atoms with E-state index in [1.807, 2.05) is 48.5 Å². The van der Waals surface area contributed by atoms with Crippen LogP contribution in [0.5, 0.6) is 5.75 Å². The third-order valence-corrected chi connectivity index (χ3v) is 4.53. The second kappa shape index (κ2) is 9.36.